The molecule has 1 atom stereocenters. The first-order valence-electron chi connectivity index (χ1n) is 7.23. The Hall–Kier alpha value is -1.14. The molecule has 1 heterocycles. The molecule has 5 nitrogen and oxygen atoms in total. The number of thiazole rings is 1. The van der Waals surface area contributed by atoms with Gasteiger partial charge in [0.2, 0.25) is 0 Å². The molecular weight excluding hydrogens is 274 g/mol. The summed E-state index contributed by atoms with van der Waals surface area (Å²) >= 11 is 1.61. The summed E-state index contributed by atoms with van der Waals surface area (Å²) in [6.07, 6.45) is 2.26. The van der Waals surface area contributed by atoms with Crippen LogP contribution in [0.2, 0.25) is 0 Å². The quantitative estimate of drug-likeness (QED) is 0.689. The maximum absolute atomic E-state index is 11.6. The van der Waals surface area contributed by atoms with Crippen molar-refractivity contribution >= 4 is 17.4 Å². The summed E-state index contributed by atoms with van der Waals surface area (Å²) in [5.74, 6) is 0.237. The van der Waals surface area contributed by atoms with Crippen molar-refractivity contribution in [2.75, 3.05) is 6.54 Å². The molecule has 0 aromatic carbocycles. The number of nitrogens with zero attached hydrogens (tertiary/aromatic N) is 1. The number of urea groups is 1. The lowest BCUT2D eigenvalue weighted by Gasteiger charge is -2.20. The number of nitrogens with one attached hydrogen (secondary N) is 2. The Balaban J connectivity index is 2.26. The second-order valence-corrected chi connectivity index (χ2v) is 5.74. The average molecular weight is 299 g/mol. The van der Waals surface area contributed by atoms with Gasteiger partial charge in [-0.15, -0.1) is 11.3 Å². The van der Waals surface area contributed by atoms with Crippen LogP contribution in [0.5, 0.6) is 0 Å². The van der Waals surface area contributed by atoms with Gasteiger partial charge in [-0.05, 0) is 12.3 Å². The molecule has 0 fully saturated rings. The van der Waals surface area contributed by atoms with Crippen molar-refractivity contribution in [3.63, 3.8) is 0 Å². The van der Waals surface area contributed by atoms with Gasteiger partial charge < -0.3 is 15.7 Å². The molecular formula is C14H25N3O2S. The SMILES string of the molecule is CCc1nc(CNC(=O)NCC(O)C(CC)CC)cs1. The van der Waals surface area contributed by atoms with Crippen molar-refractivity contribution in [1.82, 2.24) is 15.6 Å². The largest absolute Gasteiger partial charge is 0.391 e. The van der Waals surface area contributed by atoms with Crippen LogP contribution in [0.25, 0.3) is 0 Å². The van der Waals surface area contributed by atoms with E-state index in [-0.39, 0.29) is 18.5 Å². The number of aromatic nitrogens is 1. The molecule has 2 amide bonds. The van der Waals surface area contributed by atoms with E-state index in [4.69, 9.17) is 0 Å². The monoisotopic (exact) mass is 299 g/mol. The van der Waals surface area contributed by atoms with Gasteiger partial charge in [-0.2, -0.15) is 0 Å². The highest BCUT2D eigenvalue weighted by Crippen LogP contribution is 2.12. The lowest BCUT2D eigenvalue weighted by Crippen LogP contribution is -2.41. The Kier molecular flexibility index (Phi) is 7.54. The van der Waals surface area contributed by atoms with Crippen LogP contribution in [0.4, 0.5) is 4.79 Å². The topological polar surface area (TPSA) is 74.2 Å². The Morgan fingerprint density at radius 3 is 2.60 bits per heavy atom. The Morgan fingerprint density at radius 1 is 1.35 bits per heavy atom. The van der Waals surface area contributed by atoms with Gasteiger partial charge in [0.15, 0.2) is 0 Å². The number of rotatable bonds is 8. The molecule has 1 aromatic rings. The molecule has 3 N–H and O–H groups in total. The van der Waals surface area contributed by atoms with Crippen LogP contribution in [0.15, 0.2) is 5.38 Å². The van der Waals surface area contributed by atoms with Crippen molar-refractivity contribution in [2.45, 2.75) is 52.7 Å². The maximum Gasteiger partial charge on any atom is 0.315 e. The third kappa shape index (κ3) is 5.46. The second-order valence-electron chi connectivity index (χ2n) is 4.79. The molecule has 0 bridgehead atoms. The highest BCUT2D eigenvalue weighted by atomic mass is 32.1. The molecule has 1 unspecified atom stereocenters. The van der Waals surface area contributed by atoms with Crippen LogP contribution in [0.3, 0.4) is 0 Å². The van der Waals surface area contributed by atoms with Gasteiger partial charge in [-0.1, -0.05) is 33.6 Å². The minimum absolute atomic E-state index is 0.237. The maximum atomic E-state index is 11.6. The van der Waals surface area contributed by atoms with E-state index in [0.29, 0.717) is 6.54 Å². The molecule has 0 aliphatic carbocycles. The molecule has 0 spiro atoms. The van der Waals surface area contributed by atoms with E-state index in [0.717, 1.165) is 30.0 Å². The Labute approximate surface area is 124 Å². The smallest absolute Gasteiger partial charge is 0.315 e. The summed E-state index contributed by atoms with van der Waals surface area (Å²) in [5.41, 5.74) is 0.877. The summed E-state index contributed by atoms with van der Waals surface area (Å²) < 4.78 is 0. The molecule has 1 aromatic heterocycles. The van der Waals surface area contributed by atoms with Crippen LogP contribution < -0.4 is 10.6 Å². The molecule has 0 saturated carbocycles. The molecule has 114 valence electrons. The van der Waals surface area contributed by atoms with Crippen molar-refractivity contribution in [3.05, 3.63) is 16.1 Å². The van der Waals surface area contributed by atoms with Gasteiger partial charge in [-0.25, -0.2) is 9.78 Å². The molecule has 0 aliphatic heterocycles. The van der Waals surface area contributed by atoms with E-state index in [1.807, 2.05) is 19.2 Å². The normalized spacial score (nSPS) is 12.4. The lowest BCUT2D eigenvalue weighted by atomic mass is 9.97. The third-order valence-electron chi connectivity index (χ3n) is 3.40. The zero-order chi connectivity index (χ0) is 15.0. The number of aliphatic hydroxyl groups is 1. The summed E-state index contributed by atoms with van der Waals surface area (Å²) in [6.45, 7) is 6.86. The number of carbonyl (C=O) groups is 1. The van der Waals surface area contributed by atoms with Gasteiger partial charge in [0, 0.05) is 11.9 Å². The predicted molar refractivity (Wildman–Crippen MR) is 81.8 cm³/mol. The zero-order valence-corrected chi connectivity index (χ0v) is 13.3. The van der Waals surface area contributed by atoms with E-state index >= 15 is 0 Å². The van der Waals surface area contributed by atoms with E-state index in [1.165, 1.54) is 0 Å². The van der Waals surface area contributed by atoms with Gasteiger partial charge in [0.05, 0.1) is 23.4 Å². The highest BCUT2D eigenvalue weighted by Gasteiger charge is 2.16. The molecule has 0 aliphatic rings. The molecule has 1 rings (SSSR count). The van der Waals surface area contributed by atoms with Crippen LogP contribution in [0.1, 0.15) is 44.3 Å². The first-order valence-corrected chi connectivity index (χ1v) is 8.11. The summed E-state index contributed by atoms with van der Waals surface area (Å²) in [6, 6.07) is -0.263. The molecule has 0 radical (unpaired) electrons. The van der Waals surface area contributed by atoms with Crippen LogP contribution in [-0.4, -0.2) is 28.8 Å². The number of aliphatic hydroxyl groups excluding tert-OH is 1. The third-order valence-corrected chi connectivity index (χ3v) is 4.44. The standard InChI is InChI=1S/C14H25N3O2S/c1-4-10(5-2)12(18)8-16-14(19)15-7-11-9-20-13(6-3)17-11/h9-10,12,18H,4-8H2,1-3H3,(H2,15,16,19). The van der Waals surface area contributed by atoms with E-state index < -0.39 is 6.10 Å². The Morgan fingerprint density at radius 2 is 2.05 bits per heavy atom. The van der Waals surface area contributed by atoms with Crippen molar-refractivity contribution < 1.29 is 9.90 Å². The summed E-state index contributed by atoms with van der Waals surface area (Å²) in [5, 5.41) is 18.4. The number of carbonyl (C=O) groups excluding carboxylic acids is 1. The van der Waals surface area contributed by atoms with Crippen LogP contribution in [0, 0.1) is 5.92 Å². The zero-order valence-electron chi connectivity index (χ0n) is 12.5. The van der Waals surface area contributed by atoms with Gasteiger partial charge >= 0.3 is 6.03 Å². The number of aryl methyl sites for hydroxylation is 1. The van der Waals surface area contributed by atoms with E-state index in [1.54, 1.807) is 11.3 Å². The van der Waals surface area contributed by atoms with Crippen molar-refractivity contribution in [1.29, 1.82) is 0 Å². The minimum Gasteiger partial charge on any atom is -0.391 e. The lowest BCUT2D eigenvalue weighted by molar-refractivity contribution is 0.103. The predicted octanol–water partition coefficient (Wildman–Crippen LogP) is 2.30. The fourth-order valence-electron chi connectivity index (χ4n) is 2.02. The highest BCUT2D eigenvalue weighted by molar-refractivity contribution is 7.09. The first-order chi connectivity index (χ1) is 9.60. The number of amides is 2. The van der Waals surface area contributed by atoms with Gasteiger partial charge in [-0.3, -0.25) is 0 Å². The summed E-state index contributed by atoms with van der Waals surface area (Å²) in [7, 11) is 0. The molecule has 6 heteroatoms. The molecule has 20 heavy (non-hydrogen) atoms. The van der Waals surface area contributed by atoms with Crippen LogP contribution >= 0.6 is 11.3 Å². The van der Waals surface area contributed by atoms with E-state index in [2.05, 4.69) is 22.5 Å². The Bertz CT molecular complexity index is 405. The first kappa shape index (κ1) is 16.9. The number of hydrogen-bond donors (Lipinski definition) is 3. The second kappa shape index (κ2) is 8.92. The molecule has 0 saturated heterocycles. The van der Waals surface area contributed by atoms with Gasteiger partial charge in [0.1, 0.15) is 0 Å². The minimum atomic E-state index is -0.485. The van der Waals surface area contributed by atoms with E-state index in [9.17, 15) is 9.90 Å². The fourth-order valence-corrected chi connectivity index (χ4v) is 2.77. The fraction of sp³-hybridized carbons (Fsp3) is 0.714. The average Bonchev–Trinajstić information content (AvgIpc) is 2.92. The van der Waals surface area contributed by atoms with Gasteiger partial charge in [0.25, 0.3) is 0 Å². The van der Waals surface area contributed by atoms with Crippen LogP contribution in [-0.2, 0) is 13.0 Å². The van der Waals surface area contributed by atoms with Crippen molar-refractivity contribution in [3.8, 4) is 0 Å². The summed E-state index contributed by atoms with van der Waals surface area (Å²) in [4.78, 5) is 16.0. The number of hydrogen-bond acceptors (Lipinski definition) is 4. The van der Waals surface area contributed by atoms with Crippen molar-refractivity contribution in [2.24, 2.45) is 5.92 Å².